The number of sulfonamides is 1. The lowest BCUT2D eigenvalue weighted by molar-refractivity contribution is -0.151. The number of alkyl halides is 3. The summed E-state index contributed by atoms with van der Waals surface area (Å²) in [6.45, 7) is 10.4. The van der Waals surface area contributed by atoms with E-state index in [4.69, 9.17) is 25.8 Å². The molecule has 0 aromatic carbocycles. The second-order valence-corrected chi connectivity index (χ2v) is 16.6. The number of nitrogens with one attached hydrogen (secondary N) is 2. The van der Waals surface area contributed by atoms with Crippen molar-refractivity contribution in [3.05, 3.63) is 53.3 Å². The van der Waals surface area contributed by atoms with E-state index in [1.807, 2.05) is 39.3 Å². The SMILES string of the molecule is CC(C)(C)OC(=O)N1CC(OCCNc2cccc(S(=O)(=O)NC(=O)c3ccc(-n4ccc(OCCCC5CC5C(F)(F)F)n4)nc3Cl)n2)CC1(C)C. The van der Waals surface area contributed by atoms with Crippen LogP contribution < -0.4 is 14.8 Å². The molecule has 1 aliphatic carbocycles. The first-order chi connectivity index (χ1) is 24.7. The molecule has 19 heteroatoms. The fourth-order valence-corrected chi connectivity index (χ4v) is 7.12. The second-order valence-electron chi connectivity index (χ2n) is 14.6. The first-order valence-electron chi connectivity index (χ1n) is 17.0. The van der Waals surface area contributed by atoms with Gasteiger partial charge in [0.2, 0.25) is 5.88 Å². The van der Waals surface area contributed by atoms with E-state index in [1.54, 1.807) is 17.0 Å². The van der Waals surface area contributed by atoms with Gasteiger partial charge in [-0.1, -0.05) is 17.7 Å². The van der Waals surface area contributed by atoms with E-state index in [0.29, 0.717) is 25.8 Å². The number of hydrogen-bond acceptors (Lipinski definition) is 11. The van der Waals surface area contributed by atoms with Gasteiger partial charge in [0.25, 0.3) is 15.9 Å². The Morgan fingerprint density at radius 1 is 1.08 bits per heavy atom. The Bertz CT molecular complexity index is 1900. The van der Waals surface area contributed by atoms with Crippen molar-refractivity contribution in [3.63, 3.8) is 0 Å². The largest absolute Gasteiger partial charge is 0.477 e. The first kappa shape index (κ1) is 40.0. The van der Waals surface area contributed by atoms with Crippen molar-refractivity contribution >= 4 is 39.4 Å². The number of anilines is 1. The minimum absolute atomic E-state index is 0.156. The highest BCUT2D eigenvalue weighted by atomic mass is 35.5. The molecule has 3 aromatic rings. The molecule has 0 bridgehead atoms. The van der Waals surface area contributed by atoms with E-state index in [1.165, 1.54) is 35.1 Å². The van der Waals surface area contributed by atoms with Crippen LogP contribution in [0.5, 0.6) is 5.88 Å². The van der Waals surface area contributed by atoms with Gasteiger partial charge < -0.3 is 24.4 Å². The monoisotopic (exact) mass is 785 g/mol. The molecule has 0 radical (unpaired) electrons. The minimum Gasteiger partial charge on any atom is -0.477 e. The average Bonchev–Trinajstić information content (AvgIpc) is 3.58. The van der Waals surface area contributed by atoms with Gasteiger partial charge in [0.1, 0.15) is 16.6 Å². The molecular formula is C34H43ClF3N7O7S. The Morgan fingerprint density at radius 3 is 2.51 bits per heavy atom. The smallest absolute Gasteiger partial charge is 0.410 e. The summed E-state index contributed by atoms with van der Waals surface area (Å²) in [4.78, 5) is 35.6. The number of aromatic nitrogens is 4. The lowest BCUT2D eigenvalue weighted by Crippen LogP contribution is -2.45. The standard InChI is InChI=1S/C34H43ClF3N7O7S/c1-32(2,3)52-31(47)44-20-22(19-33(44,4)5)50-17-14-39-25-9-6-10-28(40-25)53(48,49)43-30(46)23-11-12-26(41-29(23)35)45-15-13-27(42-45)51-16-7-8-21-18-24(21)34(36,37)38/h6,9-13,15,21-22,24H,7-8,14,16-20H2,1-5H3,(H,39,40)(H,43,46). The van der Waals surface area contributed by atoms with Crippen LogP contribution in [-0.4, -0.2) is 94.8 Å². The summed E-state index contributed by atoms with van der Waals surface area (Å²) < 4.78 is 84.6. The van der Waals surface area contributed by atoms with E-state index in [2.05, 4.69) is 20.4 Å². The number of likely N-dealkylation sites (tertiary alicyclic amines) is 1. The van der Waals surface area contributed by atoms with Crippen molar-refractivity contribution in [2.24, 2.45) is 11.8 Å². The highest BCUT2D eigenvalue weighted by Crippen LogP contribution is 2.52. The van der Waals surface area contributed by atoms with Crippen molar-refractivity contribution in [3.8, 4) is 11.7 Å². The quantitative estimate of drug-likeness (QED) is 0.145. The van der Waals surface area contributed by atoms with E-state index < -0.39 is 50.3 Å². The molecular weight excluding hydrogens is 743 g/mol. The Labute approximate surface area is 310 Å². The van der Waals surface area contributed by atoms with Crippen LogP contribution in [0.2, 0.25) is 5.15 Å². The molecule has 14 nitrogen and oxygen atoms in total. The molecule has 0 spiro atoms. The summed E-state index contributed by atoms with van der Waals surface area (Å²) in [6, 6.07) is 8.49. The molecule has 3 atom stereocenters. The molecule has 1 aliphatic heterocycles. The van der Waals surface area contributed by atoms with E-state index in [9.17, 15) is 31.2 Å². The predicted octanol–water partition coefficient (Wildman–Crippen LogP) is 6.01. The third-order valence-electron chi connectivity index (χ3n) is 8.64. The summed E-state index contributed by atoms with van der Waals surface area (Å²) in [5, 5.41) is 6.52. The van der Waals surface area contributed by atoms with Gasteiger partial charge >= 0.3 is 12.3 Å². The number of halogens is 4. The van der Waals surface area contributed by atoms with Crippen molar-refractivity contribution in [1.29, 1.82) is 0 Å². The van der Waals surface area contributed by atoms with E-state index in [0.717, 1.165) is 0 Å². The number of amides is 2. The number of rotatable bonds is 14. The lowest BCUT2D eigenvalue weighted by Gasteiger charge is -2.33. The number of nitrogens with zero attached hydrogens (tertiary/aromatic N) is 5. The summed E-state index contributed by atoms with van der Waals surface area (Å²) in [5.41, 5.74) is -1.29. The first-order valence-corrected chi connectivity index (χ1v) is 18.9. The van der Waals surface area contributed by atoms with Gasteiger partial charge in [-0.2, -0.15) is 21.6 Å². The van der Waals surface area contributed by atoms with Gasteiger partial charge in [-0.25, -0.2) is 24.2 Å². The molecule has 4 heterocycles. The average molecular weight is 786 g/mol. The Balaban J connectivity index is 1.09. The van der Waals surface area contributed by atoms with Crippen LogP contribution in [0.1, 0.15) is 70.7 Å². The molecule has 2 fully saturated rings. The predicted molar refractivity (Wildman–Crippen MR) is 188 cm³/mol. The van der Waals surface area contributed by atoms with Gasteiger partial charge in [-0.15, -0.1) is 5.10 Å². The van der Waals surface area contributed by atoms with Crippen LogP contribution >= 0.6 is 11.6 Å². The molecule has 2 N–H and O–H groups in total. The highest BCUT2D eigenvalue weighted by Gasteiger charge is 2.54. The van der Waals surface area contributed by atoms with Gasteiger partial charge in [-0.05, 0) is 90.5 Å². The molecule has 53 heavy (non-hydrogen) atoms. The summed E-state index contributed by atoms with van der Waals surface area (Å²) >= 11 is 6.26. The third kappa shape index (κ3) is 10.7. The van der Waals surface area contributed by atoms with Crippen LogP contribution in [0.4, 0.5) is 23.8 Å². The number of hydrogen-bond donors (Lipinski definition) is 2. The molecule has 3 unspecified atom stereocenters. The maximum Gasteiger partial charge on any atom is 0.410 e. The topological polar surface area (TPSA) is 167 Å². The normalized spacial score (nSPS) is 19.9. The number of carbonyl (C=O) groups is 2. The molecule has 290 valence electrons. The van der Waals surface area contributed by atoms with Crippen LogP contribution in [0.3, 0.4) is 0 Å². The fraction of sp³-hybridized carbons (Fsp3) is 0.559. The highest BCUT2D eigenvalue weighted by molar-refractivity contribution is 7.90. The molecule has 5 rings (SSSR count). The van der Waals surface area contributed by atoms with Crippen LogP contribution in [0.25, 0.3) is 5.82 Å². The third-order valence-corrected chi connectivity index (χ3v) is 10.2. The van der Waals surface area contributed by atoms with Gasteiger partial charge in [0.05, 0.1) is 37.3 Å². The van der Waals surface area contributed by atoms with E-state index >= 15 is 0 Å². The molecule has 3 aromatic heterocycles. The number of pyridine rings is 2. The molecule has 2 aliphatic rings. The van der Waals surface area contributed by atoms with Crippen LogP contribution in [0.15, 0.2) is 47.6 Å². The fourth-order valence-electron chi connectivity index (χ4n) is 5.95. The zero-order chi connectivity index (χ0) is 38.8. The Hall–Kier alpha value is -4.16. The summed E-state index contributed by atoms with van der Waals surface area (Å²) in [5.74, 6) is -1.95. The van der Waals surface area contributed by atoms with E-state index in [-0.39, 0.29) is 66.4 Å². The Morgan fingerprint density at radius 2 is 1.83 bits per heavy atom. The maximum absolute atomic E-state index is 13.1. The summed E-state index contributed by atoms with van der Waals surface area (Å²) in [7, 11) is -4.42. The maximum atomic E-state index is 13.1. The molecule has 1 saturated carbocycles. The summed E-state index contributed by atoms with van der Waals surface area (Å²) in [6.07, 6.45) is -1.62. The van der Waals surface area contributed by atoms with Crippen molar-refractivity contribution < 1.29 is 45.4 Å². The van der Waals surface area contributed by atoms with Crippen molar-refractivity contribution in [2.45, 2.75) is 88.7 Å². The second kappa shape index (κ2) is 15.7. The van der Waals surface area contributed by atoms with Crippen LogP contribution in [-0.2, 0) is 19.5 Å². The van der Waals surface area contributed by atoms with Gasteiger partial charge in [0, 0.05) is 24.3 Å². The zero-order valence-electron chi connectivity index (χ0n) is 29.9. The molecule has 2 amide bonds. The molecule has 1 saturated heterocycles. The van der Waals surface area contributed by atoms with Crippen molar-refractivity contribution in [2.75, 3.05) is 31.6 Å². The van der Waals surface area contributed by atoms with Gasteiger partial charge in [-0.3, -0.25) is 4.79 Å². The lowest BCUT2D eigenvalue weighted by atomic mass is 10.0. The Kier molecular flexibility index (Phi) is 11.8. The number of ether oxygens (including phenoxy) is 3. The van der Waals surface area contributed by atoms with Gasteiger partial charge in [0.15, 0.2) is 10.8 Å². The van der Waals surface area contributed by atoms with Crippen LogP contribution in [0, 0.1) is 11.8 Å². The van der Waals surface area contributed by atoms with Crippen molar-refractivity contribution in [1.82, 2.24) is 29.4 Å². The zero-order valence-corrected chi connectivity index (χ0v) is 31.5. The number of carbonyl (C=O) groups excluding carboxylic acids is 2. The minimum atomic E-state index is -4.42.